The summed E-state index contributed by atoms with van der Waals surface area (Å²) in [6.07, 6.45) is 3.94. The minimum absolute atomic E-state index is 0.303. The number of carbonyl (C=O) groups excluding carboxylic acids is 3. The molecule has 1 aliphatic heterocycles. The van der Waals surface area contributed by atoms with E-state index in [2.05, 4.69) is 10.3 Å². The lowest BCUT2D eigenvalue weighted by Gasteiger charge is -2.13. The van der Waals surface area contributed by atoms with Gasteiger partial charge in [-0.25, -0.2) is 4.98 Å². The summed E-state index contributed by atoms with van der Waals surface area (Å²) in [4.78, 5) is 42.1. The van der Waals surface area contributed by atoms with Crippen molar-refractivity contribution in [1.29, 1.82) is 0 Å². The molecule has 142 valence electrons. The number of rotatable bonds is 5. The molecule has 0 atom stereocenters. The fourth-order valence-electron chi connectivity index (χ4n) is 3.11. The van der Waals surface area contributed by atoms with Crippen molar-refractivity contribution in [3.05, 3.63) is 69.6 Å². The predicted octanol–water partition coefficient (Wildman–Crippen LogP) is 2.60. The average molecular weight is 417 g/mol. The van der Waals surface area contributed by atoms with Crippen LogP contribution in [-0.4, -0.2) is 45.1 Å². The molecule has 0 fully saturated rings. The van der Waals surface area contributed by atoms with Crippen molar-refractivity contribution < 1.29 is 14.4 Å². The van der Waals surface area contributed by atoms with E-state index in [4.69, 9.17) is 23.2 Å². The van der Waals surface area contributed by atoms with Gasteiger partial charge in [0.15, 0.2) is 5.65 Å². The number of nitrogens with zero attached hydrogens (tertiary/aromatic N) is 3. The smallest absolute Gasteiger partial charge is 0.262 e. The zero-order valence-corrected chi connectivity index (χ0v) is 16.0. The highest BCUT2D eigenvalue weighted by atomic mass is 35.5. The van der Waals surface area contributed by atoms with Crippen molar-refractivity contribution in [2.24, 2.45) is 0 Å². The van der Waals surface area contributed by atoms with Gasteiger partial charge in [0.05, 0.1) is 26.9 Å². The highest BCUT2D eigenvalue weighted by Gasteiger charge is 2.36. The molecule has 3 heterocycles. The van der Waals surface area contributed by atoms with Crippen LogP contribution >= 0.6 is 23.2 Å². The van der Waals surface area contributed by atoms with Crippen molar-refractivity contribution in [3.63, 3.8) is 0 Å². The van der Waals surface area contributed by atoms with Crippen LogP contribution in [0.1, 0.15) is 26.4 Å². The van der Waals surface area contributed by atoms with Crippen LogP contribution < -0.4 is 5.32 Å². The van der Waals surface area contributed by atoms with Crippen molar-refractivity contribution in [1.82, 2.24) is 19.6 Å². The van der Waals surface area contributed by atoms with Gasteiger partial charge >= 0.3 is 0 Å². The van der Waals surface area contributed by atoms with Crippen LogP contribution in [0.25, 0.3) is 5.65 Å². The Balaban J connectivity index is 1.35. The maximum Gasteiger partial charge on any atom is 0.262 e. The van der Waals surface area contributed by atoms with Crippen LogP contribution in [0.5, 0.6) is 0 Å². The summed E-state index contributed by atoms with van der Waals surface area (Å²) in [5, 5.41) is 3.64. The van der Waals surface area contributed by atoms with Crippen LogP contribution in [0.3, 0.4) is 0 Å². The molecule has 4 rings (SSSR count). The lowest BCUT2D eigenvalue weighted by Crippen LogP contribution is -2.40. The van der Waals surface area contributed by atoms with Gasteiger partial charge in [-0.15, -0.1) is 0 Å². The number of halogens is 2. The SMILES string of the molecule is O=C(CN1C(=O)c2ccccc2C1=O)NCCc1cn2cc(Cl)cc(Cl)c2n1. The highest BCUT2D eigenvalue weighted by Crippen LogP contribution is 2.23. The topological polar surface area (TPSA) is 83.8 Å². The number of hydrogen-bond acceptors (Lipinski definition) is 4. The summed E-state index contributed by atoms with van der Waals surface area (Å²) in [5.74, 6) is -1.33. The summed E-state index contributed by atoms with van der Waals surface area (Å²) in [6.45, 7) is -0.0177. The quantitative estimate of drug-likeness (QED) is 0.647. The number of imidazole rings is 1. The van der Waals surface area contributed by atoms with E-state index in [9.17, 15) is 14.4 Å². The largest absolute Gasteiger partial charge is 0.354 e. The summed E-state index contributed by atoms with van der Waals surface area (Å²) >= 11 is 12.1. The third-order valence-corrected chi connectivity index (χ3v) is 4.89. The molecule has 0 bridgehead atoms. The summed E-state index contributed by atoms with van der Waals surface area (Å²) in [5.41, 5.74) is 1.95. The second-order valence-corrected chi connectivity index (χ2v) is 7.15. The molecule has 9 heteroatoms. The van der Waals surface area contributed by atoms with Gasteiger partial charge in [0.2, 0.25) is 5.91 Å². The molecule has 2 aromatic heterocycles. The molecule has 1 aromatic carbocycles. The first-order chi connectivity index (χ1) is 13.4. The molecule has 0 radical (unpaired) electrons. The Labute approximate surface area is 169 Å². The summed E-state index contributed by atoms with van der Waals surface area (Å²) in [7, 11) is 0. The van der Waals surface area contributed by atoms with Crippen LogP contribution in [0, 0.1) is 0 Å². The number of fused-ring (bicyclic) bond motifs is 2. The molecular weight excluding hydrogens is 403 g/mol. The van der Waals surface area contributed by atoms with E-state index in [1.807, 2.05) is 0 Å². The molecule has 0 saturated heterocycles. The molecule has 3 aromatic rings. The zero-order valence-electron chi connectivity index (χ0n) is 14.5. The normalized spacial score (nSPS) is 13.3. The minimum atomic E-state index is -0.456. The maximum absolute atomic E-state index is 12.3. The average Bonchev–Trinajstić information content (AvgIpc) is 3.17. The molecule has 0 aliphatic carbocycles. The first-order valence-electron chi connectivity index (χ1n) is 8.48. The number of benzene rings is 1. The van der Waals surface area contributed by atoms with Crippen molar-refractivity contribution in [3.8, 4) is 0 Å². The van der Waals surface area contributed by atoms with Gasteiger partial charge in [-0.05, 0) is 18.2 Å². The fraction of sp³-hybridized carbons (Fsp3) is 0.158. The van der Waals surface area contributed by atoms with Gasteiger partial charge in [-0.1, -0.05) is 35.3 Å². The lowest BCUT2D eigenvalue weighted by molar-refractivity contribution is -0.121. The van der Waals surface area contributed by atoms with Crippen LogP contribution in [-0.2, 0) is 11.2 Å². The molecule has 0 unspecified atom stereocenters. The number of aromatic nitrogens is 2. The van der Waals surface area contributed by atoms with Crippen molar-refractivity contribution in [2.45, 2.75) is 6.42 Å². The summed E-state index contributed by atoms with van der Waals surface area (Å²) < 4.78 is 1.72. The van der Waals surface area contributed by atoms with E-state index in [0.717, 1.165) is 10.6 Å². The maximum atomic E-state index is 12.3. The second kappa shape index (κ2) is 7.26. The Morgan fingerprint density at radius 3 is 2.43 bits per heavy atom. The highest BCUT2D eigenvalue weighted by molar-refractivity contribution is 6.36. The molecular formula is C19H14Cl2N4O3. The van der Waals surface area contributed by atoms with Gasteiger partial charge in [0, 0.05) is 25.4 Å². The van der Waals surface area contributed by atoms with Gasteiger partial charge in [-0.2, -0.15) is 0 Å². The first-order valence-corrected chi connectivity index (χ1v) is 9.24. The molecule has 1 N–H and O–H groups in total. The standard InChI is InChI=1S/C19H14Cl2N4O3/c20-11-7-15(21)17-23-12(9-24(17)8-11)5-6-22-16(26)10-25-18(27)13-3-1-2-4-14(13)19(25)28/h1-4,7-9H,5-6,10H2,(H,22,26). The second-order valence-electron chi connectivity index (χ2n) is 6.31. The lowest BCUT2D eigenvalue weighted by atomic mass is 10.1. The molecule has 28 heavy (non-hydrogen) atoms. The molecule has 1 aliphatic rings. The van der Waals surface area contributed by atoms with Gasteiger partial charge in [0.1, 0.15) is 6.54 Å². The Kier molecular flexibility index (Phi) is 4.78. The minimum Gasteiger partial charge on any atom is -0.354 e. The first kappa shape index (κ1) is 18.5. The molecule has 3 amide bonds. The van der Waals surface area contributed by atoms with Gasteiger partial charge < -0.3 is 9.72 Å². The van der Waals surface area contributed by atoms with E-state index in [0.29, 0.717) is 39.8 Å². The van der Waals surface area contributed by atoms with Gasteiger partial charge in [-0.3, -0.25) is 19.3 Å². The number of imide groups is 1. The molecule has 7 nitrogen and oxygen atoms in total. The van der Waals surface area contributed by atoms with Gasteiger partial charge in [0.25, 0.3) is 11.8 Å². The predicted molar refractivity (Wildman–Crippen MR) is 104 cm³/mol. The third-order valence-electron chi connectivity index (χ3n) is 4.41. The molecule has 0 spiro atoms. The Morgan fingerprint density at radius 2 is 1.75 bits per heavy atom. The Bertz CT molecular complexity index is 1090. The van der Waals surface area contributed by atoms with E-state index in [-0.39, 0.29) is 6.54 Å². The zero-order chi connectivity index (χ0) is 19.8. The monoisotopic (exact) mass is 416 g/mol. The summed E-state index contributed by atoms with van der Waals surface area (Å²) in [6, 6.07) is 8.13. The number of hydrogen-bond donors (Lipinski definition) is 1. The van der Waals surface area contributed by atoms with Crippen molar-refractivity contribution in [2.75, 3.05) is 13.1 Å². The molecule has 0 saturated carbocycles. The van der Waals surface area contributed by atoms with E-state index < -0.39 is 17.7 Å². The third kappa shape index (κ3) is 3.34. The Hall–Kier alpha value is -2.90. The van der Waals surface area contributed by atoms with Crippen LogP contribution in [0.4, 0.5) is 0 Å². The Morgan fingerprint density at radius 1 is 1.07 bits per heavy atom. The number of carbonyl (C=O) groups is 3. The number of nitrogens with one attached hydrogen (secondary N) is 1. The van der Waals surface area contributed by atoms with E-state index >= 15 is 0 Å². The van der Waals surface area contributed by atoms with Crippen LogP contribution in [0.2, 0.25) is 10.0 Å². The van der Waals surface area contributed by atoms with E-state index in [1.54, 1.807) is 47.1 Å². The van der Waals surface area contributed by atoms with E-state index in [1.165, 1.54) is 0 Å². The van der Waals surface area contributed by atoms with Crippen molar-refractivity contribution >= 4 is 46.6 Å². The fourth-order valence-corrected chi connectivity index (χ4v) is 3.64. The van der Waals surface area contributed by atoms with Crippen LogP contribution in [0.15, 0.2) is 42.7 Å². The number of amides is 3. The number of pyridine rings is 1.